The molecule has 1 fully saturated rings. The highest BCUT2D eigenvalue weighted by Crippen LogP contribution is 2.34. The van der Waals surface area contributed by atoms with E-state index in [4.69, 9.17) is 0 Å². The van der Waals surface area contributed by atoms with Gasteiger partial charge in [0, 0.05) is 17.6 Å². The van der Waals surface area contributed by atoms with Gasteiger partial charge in [-0.15, -0.1) is 0 Å². The van der Waals surface area contributed by atoms with E-state index in [9.17, 15) is 4.79 Å². The van der Waals surface area contributed by atoms with E-state index < -0.39 is 0 Å². The van der Waals surface area contributed by atoms with Gasteiger partial charge in [0.15, 0.2) is 0 Å². The monoisotopic (exact) mass is 324 g/mol. The topological polar surface area (TPSA) is 41.1 Å². The maximum atomic E-state index is 12.5. The van der Waals surface area contributed by atoms with Gasteiger partial charge in [0.2, 0.25) is 5.91 Å². The minimum Gasteiger partial charge on any atom is -0.351 e. The Bertz CT molecular complexity index is 453. The average molecular weight is 325 g/mol. The van der Waals surface area contributed by atoms with Gasteiger partial charge in [0.05, 0.1) is 5.41 Å². The van der Waals surface area contributed by atoms with Crippen LogP contribution < -0.4 is 10.6 Å². The Balaban J connectivity index is 2.00. The molecule has 1 atom stereocenters. The second-order valence-electron chi connectivity index (χ2n) is 5.55. The normalized spacial score (nSPS) is 22.7. The van der Waals surface area contributed by atoms with Gasteiger partial charge in [-0.05, 0) is 36.6 Å². The summed E-state index contributed by atoms with van der Waals surface area (Å²) in [6.07, 6.45) is 0.926. The van der Waals surface area contributed by atoms with Gasteiger partial charge < -0.3 is 10.6 Å². The molecule has 0 bridgehead atoms. The predicted molar refractivity (Wildman–Crippen MR) is 80.7 cm³/mol. The lowest BCUT2D eigenvalue weighted by Crippen LogP contribution is -2.45. The van der Waals surface area contributed by atoms with Gasteiger partial charge >= 0.3 is 0 Å². The zero-order valence-electron chi connectivity index (χ0n) is 11.5. The lowest BCUT2D eigenvalue weighted by atomic mass is 9.75. The van der Waals surface area contributed by atoms with Gasteiger partial charge in [-0.25, -0.2) is 0 Å². The molecule has 1 aromatic carbocycles. The first-order valence-electron chi connectivity index (χ1n) is 6.78. The molecule has 1 aliphatic rings. The molecule has 4 heteroatoms. The number of carbonyl (C=O) groups is 1. The third-order valence-electron chi connectivity index (χ3n) is 4.09. The first kappa shape index (κ1) is 14.5. The van der Waals surface area contributed by atoms with Crippen molar-refractivity contribution in [3.8, 4) is 0 Å². The van der Waals surface area contributed by atoms with Crippen LogP contribution in [0, 0.1) is 11.3 Å². The Morgan fingerprint density at radius 3 is 2.89 bits per heavy atom. The van der Waals surface area contributed by atoms with E-state index in [1.807, 2.05) is 24.3 Å². The maximum Gasteiger partial charge on any atom is 0.228 e. The van der Waals surface area contributed by atoms with Gasteiger partial charge in [-0.2, -0.15) is 0 Å². The molecule has 2 N–H and O–H groups in total. The molecule has 0 aromatic heterocycles. The lowest BCUT2D eigenvalue weighted by molar-refractivity contribution is -0.132. The number of amides is 1. The molecule has 2 rings (SSSR count). The van der Waals surface area contributed by atoms with Crippen LogP contribution in [0.5, 0.6) is 0 Å². The van der Waals surface area contributed by atoms with Crippen molar-refractivity contribution in [2.45, 2.75) is 26.8 Å². The smallest absolute Gasteiger partial charge is 0.228 e. The summed E-state index contributed by atoms with van der Waals surface area (Å²) in [5.41, 5.74) is 0.874. The van der Waals surface area contributed by atoms with Crippen molar-refractivity contribution in [3.63, 3.8) is 0 Å². The van der Waals surface area contributed by atoms with Crippen LogP contribution in [0.2, 0.25) is 0 Å². The lowest BCUT2D eigenvalue weighted by Gasteiger charge is -2.31. The van der Waals surface area contributed by atoms with Gasteiger partial charge in [-0.3, -0.25) is 4.79 Å². The molecule has 1 aromatic rings. The standard InChI is InChI=1S/C15H21BrN2O/c1-11(2)15(6-7-17-10-15)14(19)18-9-12-4-3-5-13(16)8-12/h3-5,8,11,17H,6-7,9-10H2,1-2H3,(H,18,19). The Morgan fingerprint density at radius 2 is 2.32 bits per heavy atom. The Morgan fingerprint density at radius 1 is 1.53 bits per heavy atom. The molecule has 0 aliphatic carbocycles. The van der Waals surface area contributed by atoms with Crippen molar-refractivity contribution >= 4 is 21.8 Å². The summed E-state index contributed by atoms with van der Waals surface area (Å²) in [5.74, 6) is 0.525. The highest BCUT2D eigenvalue weighted by Gasteiger charge is 2.43. The molecule has 1 saturated heterocycles. The van der Waals surface area contributed by atoms with E-state index in [1.165, 1.54) is 0 Å². The molecular weight excluding hydrogens is 304 g/mol. The van der Waals surface area contributed by atoms with Crippen LogP contribution >= 0.6 is 15.9 Å². The number of hydrogen-bond acceptors (Lipinski definition) is 2. The van der Waals surface area contributed by atoms with E-state index in [1.54, 1.807) is 0 Å². The number of carbonyl (C=O) groups excluding carboxylic acids is 1. The second kappa shape index (κ2) is 6.06. The molecule has 3 nitrogen and oxygen atoms in total. The third kappa shape index (κ3) is 3.18. The summed E-state index contributed by atoms with van der Waals surface area (Å²) in [6.45, 7) is 6.57. The summed E-state index contributed by atoms with van der Waals surface area (Å²) in [5, 5.41) is 6.40. The fourth-order valence-corrected chi connectivity index (χ4v) is 3.11. The first-order valence-corrected chi connectivity index (χ1v) is 7.57. The van der Waals surface area contributed by atoms with Crippen molar-refractivity contribution < 1.29 is 4.79 Å². The summed E-state index contributed by atoms with van der Waals surface area (Å²) >= 11 is 3.45. The number of halogens is 1. The van der Waals surface area contributed by atoms with Gasteiger partial charge in [-0.1, -0.05) is 41.9 Å². The Labute approximate surface area is 123 Å². The van der Waals surface area contributed by atoms with E-state index in [0.717, 1.165) is 29.5 Å². The van der Waals surface area contributed by atoms with Crippen molar-refractivity contribution in [1.29, 1.82) is 0 Å². The zero-order valence-corrected chi connectivity index (χ0v) is 13.1. The maximum absolute atomic E-state index is 12.5. The van der Waals surface area contributed by atoms with Crippen molar-refractivity contribution in [2.24, 2.45) is 11.3 Å². The number of benzene rings is 1. The van der Waals surface area contributed by atoms with Crippen molar-refractivity contribution in [1.82, 2.24) is 10.6 Å². The molecule has 0 radical (unpaired) electrons. The van der Waals surface area contributed by atoms with E-state index in [2.05, 4.69) is 40.4 Å². The van der Waals surface area contributed by atoms with Crippen LogP contribution in [0.4, 0.5) is 0 Å². The number of hydrogen-bond donors (Lipinski definition) is 2. The molecule has 0 spiro atoms. The molecule has 1 heterocycles. The van der Waals surface area contributed by atoms with Crippen LogP contribution in [0.1, 0.15) is 25.8 Å². The SMILES string of the molecule is CC(C)C1(C(=O)NCc2cccc(Br)c2)CCNC1. The Kier molecular flexibility index (Phi) is 4.63. The van der Waals surface area contributed by atoms with Crippen molar-refractivity contribution in [2.75, 3.05) is 13.1 Å². The molecule has 1 aliphatic heterocycles. The zero-order chi connectivity index (χ0) is 13.9. The largest absolute Gasteiger partial charge is 0.351 e. The molecule has 1 unspecified atom stereocenters. The van der Waals surface area contributed by atoms with Gasteiger partial charge in [0.25, 0.3) is 0 Å². The van der Waals surface area contributed by atoms with Crippen LogP contribution in [-0.2, 0) is 11.3 Å². The van der Waals surface area contributed by atoms with Gasteiger partial charge in [0.1, 0.15) is 0 Å². The number of rotatable bonds is 4. The Hall–Kier alpha value is -0.870. The quantitative estimate of drug-likeness (QED) is 0.894. The summed E-state index contributed by atoms with van der Waals surface area (Å²) in [7, 11) is 0. The molecule has 104 valence electrons. The highest BCUT2D eigenvalue weighted by atomic mass is 79.9. The van der Waals surface area contributed by atoms with Crippen LogP contribution in [0.15, 0.2) is 28.7 Å². The molecule has 19 heavy (non-hydrogen) atoms. The molecular formula is C15H21BrN2O. The van der Waals surface area contributed by atoms with E-state index in [0.29, 0.717) is 12.5 Å². The minimum absolute atomic E-state index is 0.174. The minimum atomic E-state index is -0.244. The summed E-state index contributed by atoms with van der Waals surface area (Å²) < 4.78 is 1.04. The second-order valence-corrected chi connectivity index (χ2v) is 6.47. The first-order chi connectivity index (χ1) is 9.04. The summed E-state index contributed by atoms with van der Waals surface area (Å²) in [6, 6.07) is 8.04. The highest BCUT2D eigenvalue weighted by molar-refractivity contribution is 9.10. The molecule has 1 amide bonds. The van der Waals surface area contributed by atoms with Crippen LogP contribution in [-0.4, -0.2) is 19.0 Å². The van der Waals surface area contributed by atoms with E-state index >= 15 is 0 Å². The third-order valence-corrected chi connectivity index (χ3v) is 4.58. The molecule has 0 saturated carbocycles. The van der Waals surface area contributed by atoms with Crippen molar-refractivity contribution in [3.05, 3.63) is 34.3 Å². The van der Waals surface area contributed by atoms with E-state index in [-0.39, 0.29) is 11.3 Å². The fourth-order valence-electron chi connectivity index (χ4n) is 2.67. The number of nitrogens with one attached hydrogen (secondary N) is 2. The van der Waals surface area contributed by atoms with Crippen LogP contribution in [0.25, 0.3) is 0 Å². The average Bonchev–Trinajstić information content (AvgIpc) is 2.86. The fraction of sp³-hybridized carbons (Fsp3) is 0.533. The summed E-state index contributed by atoms with van der Waals surface area (Å²) in [4.78, 5) is 12.5. The van der Waals surface area contributed by atoms with Crippen LogP contribution in [0.3, 0.4) is 0 Å². The predicted octanol–water partition coefficient (Wildman–Crippen LogP) is 2.70.